The Hall–Kier alpha value is -1.37. The number of benzene rings is 1. The SMILES string of the molecule is CCCCCCc1ccc2cccnc2c1. The maximum Gasteiger partial charge on any atom is 0.0704 e. The largest absolute Gasteiger partial charge is 0.256 e. The first-order chi connectivity index (χ1) is 7.90. The topological polar surface area (TPSA) is 12.9 Å². The van der Waals surface area contributed by atoms with Gasteiger partial charge in [-0.25, -0.2) is 0 Å². The van der Waals surface area contributed by atoms with Gasteiger partial charge in [-0.1, -0.05) is 44.4 Å². The molecule has 84 valence electrons. The molecule has 0 aliphatic rings. The Morgan fingerprint density at radius 2 is 2.00 bits per heavy atom. The predicted molar refractivity (Wildman–Crippen MR) is 69.6 cm³/mol. The molecule has 0 atom stereocenters. The first-order valence-corrected chi connectivity index (χ1v) is 6.24. The van der Waals surface area contributed by atoms with Crippen LogP contribution in [0.3, 0.4) is 0 Å². The summed E-state index contributed by atoms with van der Waals surface area (Å²) in [7, 11) is 0. The van der Waals surface area contributed by atoms with Crippen molar-refractivity contribution in [3.05, 3.63) is 42.1 Å². The van der Waals surface area contributed by atoms with E-state index in [0.717, 1.165) is 5.52 Å². The molecule has 1 aromatic carbocycles. The average molecular weight is 213 g/mol. The fourth-order valence-corrected chi connectivity index (χ4v) is 2.02. The number of fused-ring (bicyclic) bond motifs is 1. The predicted octanol–water partition coefficient (Wildman–Crippen LogP) is 4.36. The van der Waals surface area contributed by atoms with Crippen LogP contribution in [0.2, 0.25) is 0 Å². The Labute approximate surface area is 97.5 Å². The van der Waals surface area contributed by atoms with E-state index < -0.39 is 0 Å². The van der Waals surface area contributed by atoms with Gasteiger partial charge in [-0.05, 0) is 30.5 Å². The summed E-state index contributed by atoms with van der Waals surface area (Å²) >= 11 is 0. The number of aryl methyl sites for hydroxylation is 1. The van der Waals surface area contributed by atoms with Crippen molar-refractivity contribution in [2.24, 2.45) is 0 Å². The molecule has 0 saturated carbocycles. The van der Waals surface area contributed by atoms with Crippen molar-refractivity contribution in [3.63, 3.8) is 0 Å². The lowest BCUT2D eigenvalue weighted by atomic mass is 10.0. The van der Waals surface area contributed by atoms with Crippen LogP contribution in [-0.4, -0.2) is 4.98 Å². The molecule has 0 spiro atoms. The van der Waals surface area contributed by atoms with Gasteiger partial charge in [-0.15, -0.1) is 0 Å². The normalized spacial score (nSPS) is 10.8. The molecule has 0 unspecified atom stereocenters. The number of pyridine rings is 1. The fourth-order valence-electron chi connectivity index (χ4n) is 2.02. The zero-order valence-electron chi connectivity index (χ0n) is 9.95. The monoisotopic (exact) mass is 213 g/mol. The third-order valence-electron chi connectivity index (χ3n) is 2.99. The third-order valence-corrected chi connectivity index (χ3v) is 2.99. The van der Waals surface area contributed by atoms with Gasteiger partial charge >= 0.3 is 0 Å². The second-order valence-corrected chi connectivity index (χ2v) is 4.34. The minimum Gasteiger partial charge on any atom is -0.256 e. The molecule has 1 heterocycles. The summed E-state index contributed by atoms with van der Waals surface area (Å²) in [6.45, 7) is 2.25. The quantitative estimate of drug-likeness (QED) is 0.672. The van der Waals surface area contributed by atoms with E-state index in [1.807, 2.05) is 12.3 Å². The molecule has 0 saturated heterocycles. The number of nitrogens with zero attached hydrogens (tertiary/aromatic N) is 1. The second-order valence-electron chi connectivity index (χ2n) is 4.34. The van der Waals surface area contributed by atoms with Gasteiger partial charge in [0.2, 0.25) is 0 Å². The highest BCUT2D eigenvalue weighted by Crippen LogP contribution is 2.15. The van der Waals surface area contributed by atoms with Crippen LogP contribution in [0.5, 0.6) is 0 Å². The number of hydrogen-bond acceptors (Lipinski definition) is 1. The second kappa shape index (κ2) is 5.64. The van der Waals surface area contributed by atoms with E-state index in [1.54, 1.807) is 0 Å². The van der Waals surface area contributed by atoms with E-state index in [9.17, 15) is 0 Å². The first kappa shape index (κ1) is 11.1. The van der Waals surface area contributed by atoms with Gasteiger partial charge in [0.15, 0.2) is 0 Å². The molecule has 0 fully saturated rings. The summed E-state index contributed by atoms with van der Waals surface area (Å²) in [5.41, 5.74) is 2.54. The summed E-state index contributed by atoms with van der Waals surface area (Å²) in [5, 5.41) is 1.24. The highest BCUT2D eigenvalue weighted by molar-refractivity contribution is 5.78. The summed E-state index contributed by atoms with van der Waals surface area (Å²) in [4.78, 5) is 4.39. The van der Waals surface area contributed by atoms with Crippen molar-refractivity contribution in [3.8, 4) is 0 Å². The molecule has 0 N–H and O–H groups in total. The molecule has 1 heteroatoms. The van der Waals surface area contributed by atoms with Crippen LogP contribution >= 0.6 is 0 Å². The van der Waals surface area contributed by atoms with Gasteiger partial charge in [-0.3, -0.25) is 4.98 Å². The molecule has 16 heavy (non-hydrogen) atoms. The van der Waals surface area contributed by atoms with Crippen molar-refractivity contribution >= 4 is 10.9 Å². The van der Waals surface area contributed by atoms with Gasteiger partial charge < -0.3 is 0 Å². The number of rotatable bonds is 5. The van der Waals surface area contributed by atoms with Crippen molar-refractivity contribution < 1.29 is 0 Å². The van der Waals surface area contributed by atoms with Crippen LogP contribution in [0.25, 0.3) is 10.9 Å². The van der Waals surface area contributed by atoms with Gasteiger partial charge in [0.25, 0.3) is 0 Å². The molecule has 0 aliphatic heterocycles. The number of unbranched alkanes of at least 4 members (excludes halogenated alkanes) is 3. The van der Waals surface area contributed by atoms with Crippen LogP contribution in [0.15, 0.2) is 36.5 Å². The van der Waals surface area contributed by atoms with Gasteiger partial charge in [0, 0.05) is 11.6 Å². The highest BCUT2D eigenvalue weighted by atomic mass is 14.6. The summed E-state index contributed by atoms with van der Waals surface area (Å²) in [5.74, 6) is 0. The van der Waals surface area contributed by atoms with Crippen molar-refractivity contribution in [2.45, 2.75) is 39.0 Å². The van der Waals surface area contributed by atoms with E-state index in [4.69, 9.17) is 0 Å². The zero-order chi connectivity index (χ0) is 11.2. The Morgan fingerprint density at radius 3 is 2.88 bits per heavy atom. The molecule has 0 aliphatic carbocycles. The Balaban J connectivity index is 2.02. The van der Waals surface area contributed by atoms with Gasteiger partial charge in [0.05, 0.1) is 5.52 Å². The van der Waals surface area contributed by atoms with Crippen molar-refractivity contribution in [2.75, 3.05) is 0 Å². The molecule has 1 aromatic heterocycles. The minimum absolute atomic E-state index is 1.12. The van der Waals surface area contributed by atoms with E-state index in [2.05, 4.69) is 36.2 Å². The van der Waals surface area contributed by atoms with Gasteiger partial charge in [-0.2, -0.15) is 0 Å². The van der Waals surface area contributed by atoms with Crippen LogP contribution in [-0.2, 0) is 6.42 Å². The van der Waals surface area contributed by atoms with Crippen LogP contribution in [0, 0.1) is 0 Å². The Kier molecular flexibility index (Phi) is 3.92. The molecule has 0 radical (unpaired) electrons. The summed E-state index contributed by atoms with van der Waals surface area (Å²) in [6, 6.07) is 10.7. The lowest BCUT2D eigenvalue weighted by Gasteiger charge is -2.03. The lowest BCUT2D eigenvalue weighted by molar-refractivity contribution is 0.667. The van der Waals surface area contributed by atoms with E-state index in [0.29, 0.717) is 0 Å². The number of aromatic nitrogens is 1. The Morgan fingerprint density at radius 1 is 1.06 bits per heavy atom. The first-order valence-electron chi connectivity index (χ1n) is 6.24. The fraction of sp³-hybridized carbons (Fsp3) is 0.400. The minimum atomic E-state index is 1.12. The average Bonchev–Trinajstić information content (AvgIpc) is 2.34. The standard InChI is InChI=1S/C15H19N/c1-2-3-4-5-7-13-9-10-14-8-6-11-16-15(14)12-13/h6,8-12H,2-5,7H2,1H3. The van der Waals surface area contributed by atoms with Crippen LogP contribution in [0.4, 0.5) is 0 Å². The summed E-state index contributed by atoms with van der Waals surface area (Å²) in [6.07, 6.45) is 8.35. The van der Waals surface area contributed by atoms with Gasteiger partial charge in [0.1, 0.15) is 0 Å². The molecule has 2 rings (SSSR count). The highest BCUT2D eigenvalue weighted by Gasteiger charge is 1.97. The van der Waals surface area contributed by atoms with Crippen LogP contribution < -0.4 is 0 Å². The molecule has 2 aromatic rings. The van der Waals surface area contributed by atoms with Crippen molar-refractivity contribution in [1.29, 1.82) is 0 Å². The number of hydrogen-bond donors (Lipinski definition) is 0. The third kappa shape index (κ3) is 2.82. The molecular weight excluding hydrogens is 194 g/mol. The molecule has 0 amide bonds. The molecular formula is C15H19N. The maximum atomic E-state index is 4.39. The van der Waals surface area contributed by atoms with Crippen LogP contribution in [0.1, 0.15) is 38.2 Å². The lowest BCUT2D eigenvalue weighted by Crippen LogP contribution is -1.87. The van der Waals surface area contributed by atoms with E-state index in [1.165, 1.54) is 43.1 Å². The molecule has 0 bridgehead atoms. The maximum absolute atomic E-state index is 4.39. The molecule has 1 nitrogen and oxygen atoms in total. The summed E-state index contributed by atoms with van der Waals surface area (Å²) < 4.78 is 0. The smallest absolute Gasteiger partial charge is 0.0704 e. The Bertz CT molecular complexity index is 448. The zero-order valence-corrected chi connectivity index (χ0v) is 9.95. The van der Waals surface area contributed by atoms with E-state index >= 15 is 0 Å². The van der Waals surface area contributed by atoms with E-state index in [-0.39, 0.29) is 0 Å². The van der Waals surface area contributed by atoms with Crippen molar-refractivity contribution in [1.82, 2.24) is 4.98 Å².